The molecule has 0 aromatic heterocycles. The molecule has 1 aliphatic rings. The summed E-state index contributed by atoms with van der Waals surface area (Å²) >= 11 is 0. The molecule has 0 spiro atoms. The third-order valence-corrected chi connectivity index (χ3v) is 7.18. The van der Waals surface area contributed by atoms with Crippen LogP contribution in [-0.2, 0) is 52.4 Å². The molecule has 50 heavy (non-hydrogen) atoms. The minimum atomic E-state index is -1.02. The van der Waals surface area contributed by atoms with Crippen LogP contribution in [-0.4, -0.2) is 229 Å². The minimum absolute atomic E-state index is 0.0363. The van der Waals surface area contributed by atoms with Gasteiger partial charge in [0.25, 0.3) is 0 Å². The third-order valence-electron chi connectivity index (χ3n) is 7.18. The number of nitrogens with one attached hydrogen (secondary N) is 1. The molecule has 1 fully saturated rings. The molecule has 0 radical (unpaired) electrons. The number of ether oxygens (including phenoxy) is 6. The molecule has 19 heteroatoms. The molecular weight excluding hydrogens is 666 g/mol. The van der Waals surface area contributed by atoms with Gasteiger partial charge in [0.15, 0.2) is 0 Å². The van der Waals surface area contributed by atoms with E-state index in [1.807, 2.05) is 4.90 Å². The van der Waals surface area contributed by atoms with Crippen molar-refractivity contribution < 1.29 is 67.7 Å². The summed E-state index contributed by atoms with van der Waals surface area (Å²) in [7, 11) is 0. The van der Waals surface area contributed by atoms with Gasteiger partial charge in [0.1, 0.15) is 6.29 Å². The van der Waals surface area contributed by atoms with Crippen molar-refractivity contribution in [2.45, 2.75) is 6.42 Å². The number of nitrogens with zero attached hydrogens (tertiary/aromatic N) is 4. The number of rotatable bonds is 29. The average Bonchev–Trinajstić information content (AvgIpc) is 3.06. The van der Waals surface area contributed by atoms with Crippen molar-refractivity contribution in [1.82, 2.24) is 24.9 Å². The second-order valence-corrected chi connectivity index (χ2v) is 11.3. The van der Waals surface area contributed by atoms with E-state index >= 15 is 0 Å². The smallest absolute Gasteiger partial charge is 0.317 e. The molecule has 0 aromatic rings. The van der Waals surface area contributed by atoms with E-state index < -0.39 is 17.9 Å². The Morgan fingerprint density at radius 3 is 1.04 bits per heavy atom. The van der Waals surface area contributed by atoms with Gasteiger partial charge < -0.3 is 53.9 Å². The molecule has 1 amide bonds. The minimum Gasteiger partial charge on any atom is -0.480 e. The highest BCUT2D eigenvalue weighted by molar-refractivity contribution is 5.78. The SMILES string of the molecule is O=CCCOCCOCCOCCOCCOCCOCCNC(=O)CN1CCN(CC(=O)O)CCN(CC(=O)O)CCN(CC(=O)O)CC1. The lowest BCUT2D eigenvalue weighted by Gasteiger charge is -2.32. The molecule has 0 aliphatic carbocycles. The molecule has 1 saturated heterocycles. The van der Waals surface area contributed by atoms with E-state index in [1.54, 1.807) is 14.7 Å². The zero-order valence-corrected chi connectivity index (χ0v) is 29.1. The summed E-state index contributed by atoms with van der Waals surface area (Å²) in [5, 5.41) is 30.8. The zero-order valence-electron chi connectivity index (χ0n) is 29.1. The van der Waals surface area contributed by atoms with E-state index in [-0.39, 0.29) is 45.2 Å². The van der Waals surface area contributed by atoms with E-state index in [4.69, 9.17) is 28.4 Å². The molecule has 0 aromatic carbocycles. The Morgan fingerprint density at radius 2 is 0.740 bits per heavy atom. The van der Waals surface area contributed by atoms with Gasteiger partial charge in [-0.25, -0.2) is 0 Å². The first-order chi connectivity index (χ1) is 24.2. The van der Waals surface area contributed by atoms with E-state index in [9.17, 15) is 39.3 Å². The normalized spacial score (nSPS) is 16.0. The highest BCUT2D eigenvalue weighted by Gasteiger charge is 2.21. The van der Waals surface area contributed by atoms with Crippen LogP contribution < -0.4 is 5.32 Å². The molecule has 0 atom stereocenters. The quantitative estimate of drug-likeness (QED) is 0.0454. The third kappa shape index (κ3) is 27.9. The largest absolute Gasteiger partial charge is 0.480 e. The zero-order chi connectivity index (χ0) is 36.7. The first-order valence-corrected chi connectivity index (χ1v) is 16.9. The highest BCUT2D eigenvalue weighted by Crippen LogP contribution is 2.01. The topological polar surface area (TPSA) is 226 Å². The van der Waals surface area contributed by atoms with E-state index in [2.05, 4.69) is 5.32 Å². The Bertz CT molecular complexity index is 902. The van der Waals surface area contributed by atoms with Crippen molar-refractivity contribution in [2.75, 3.05) is 164 Å². The monoisotopic (exact) mass is 723 g/mol. The molecule has 19 nitrogen and oxygen atoms in total. The fourth-order valence-electron chi connectivity index (χ4n) is 4.64. The molecule has 0 unspecified atom stereocenters. The van der Waals surface area contributed by atoms with Gasteiger partial charge >= 0.3 is 17.9 Å². The molecule has 290 valence electrons. The first-order valence-electron chi connectivity index (χ1n) is 16.9. The Hall–Kier alpha value is -2.85. The fraction of sp³-hybridized carbons (Fsp3) is 0.839. The maximum absolute atomic E-state index is 12.7. The van der Waals surface area contributed by atoms with Crippen LogP contribution in [0, 0.1) is 0 Å². The number of amides is 1. The summed E-state index contributed by atoms with van der Waals surface area (Å²) in [6.07, 6.45) is 1.20. The Morgan fingerprint density at radius 1 is 0.460 bits per heavy atom. The Kier molecular flexibility index (Phi) is 27.9. The molecule has 0 bridgehead atoms. The highest BCUT2D eigenvalue weighted by atomic mass is 16.6. The maximum Gasteiger partial charge on any atom is 0.317 e. The van der Waals surface area contributed by atoms with Crippen molar-refractivity contribution in [3.8, 4) is 0 Å². The molecule has 1 heterocycles. The summed E-state index contributed by atoms with van der Waals surface area (Å²) in [6, 6.07) is 0. The molecular formula is C31H57N5O14. The van der Waals surface area contributed by atoms with E-state index in [1.165, 1.54) is 0 Å². The van der Waals surface area contributed by atoms with Gasteiger partial charge in [-0.15, -0.1) is 0 Å². The van der Waals surface area contributed by atoms with Crippen molar-refractivity contribution in [3.63, 3.8) is 0 Å². The summed E-state index contributed by atoms with van der Waals surface area (Å²) in [6.45, 7) is 7.11. The van der Waals surface area contributed by atoms with Gasteiger partial charge in [-0.2, -0.15) is 0 Å². The van der Waals surface area contributed by atoms with Crippen LogP contribution in [0.25, 0.3) is 0 Å². The predicted molar refractivity (Wildman–Crippen MR) is 177 cm³/mol. The van der Waals surface area contributed by atoms with Gasteiger partial charge in [0, 0.05) is 65.3 Å². The van der Waals surface area contributed by atoms with Crippen molar-refractivity contribution in [1.29, 1.82) is 0 Å². The van der Waals surface area contributed by atoms with Crippen LogP contribution >= 0.6 is 0 Å². The summed E-state index contributed by atoms with van der Waals surface area (Å²) < 4.78 is 32.4. The number of carbonyl (C=O) groups is 5. The molecule has 4 N–H and O–H groups in total. The van der Waals surface area contributed by atoms with E-state index in [0.717, 1.165) is 6.29 Å². The molecule has 1 aliphatic heterocycles. The van der Waals surface area contributed by atoms with Gasteiger partial charge in [0.2, 0.25) is 5.91 Å². The van der Waals surface area contributed by atoms with Crippen molar-refractivity contribution in [2.24, 2.45) is 0 Å². The standard InChI is InChI=1S/C31H57N5O14/c37-11-1-12-45-14-16-47-18-20-49-22-23-50-21-19-48-17-15-46-13-2-32-28(38)24-33-3-5-34(25-29(39)40)7-9-36(27-31(43)44)10-8-35(6-4-33)26-30(41)42/h11H,1-10,12-27H2,(H,32,38)(H,39,40)(H,41,42)(H,43,44). The van der Waals surface area contributed by atoms with Gasteiger partial charge in [0.05, 0.1) is 105 Å². The van der Waals surface area contributed by atoms with Crippen LogP contribution in [0.2, 0.25) is 0 Å². The Balaban J connectivity index is 2.23. The van der Waals surface area contributed by atoms with Gasteiger partial charge in [-0.1, -0.05) is 0 Å². The van der Waals surface area contributed by atoms with Gasteiger partial charge in [-0.3, -0.25) is 38.8 Å². The number of aldehydes is 1. The van der Waals surface area contributed by atoms with Crippen LogP contribution in [0.4, 0.5) is 0 Å². The molecule has 1 rings (SSSR count). The lowest BCUT2D eigenvalue weighted by Crippen LogP contribution is -2.50. The number of carboxylic acids is 3. The second-order valence-electron chi connectivity index (χ2n) is 11.3. The summed E-state index contributed by atoms with van der Waals surface area (Å²) in [5.41, 5.74) is 0. The number of hydrogen-bond acceptors (Lipinski definition) is 15. The van der Waals surface area contributed by atoms with Crippen molar-refractivity contribution in [3.05, 3.63) is 0 Å². The first kappa shape index (κ1) is 45.2. The predicted octanol–water partition coefficient (Wildman–Crippen LogP) is -2.73. The van der Waals surface area contributed by atoms with E-state index in [0.29, 0.717) is 131 Å². The number of carbonyl (C=O) groups excluding carboxylic acids is 2. The van der Waals surface area contributed by atoms with Crippen LogP contribution in [0.1, 0.15) is 6.42 Å². The molecule has 0 saturated carbocycles. The van der Waals surface area contributed by atoms with Gasteiger partial charge in [-0.05, 0) is 0 Å². The lowest BCUT2D eigenvalue weighted by atomic mass is 10.3. The maximum atomic E-state index is 12.7. The number of carboxylic acid groups (broad SMARTS) is 3. The van der Waals surface area contributed by atoms with Crippen LogP contribution in [0.5, 0.6) is 0 Å². The van der Waals surface area contributed by atoms with Crippen molar-refractivity contribution >= 4 is 30.1 Å². The fourth-order valence-corrected chi connectivity index (χ4v) is 4.64. The van der Waals surface area contributed by atoms with Crippen LogP contribution in [0.15, 0.2) is 0 Å². The summed E-state index contributed by atoms with van der Waals surface area (Å²) in [4.78, 5) is 64.0. The lowest BCUT2D eigenvalue weighted by molar-refractivity contribution is -0.140. The second kappa shape index (κ2) is 30.9. The van der Waals surface area contributed by atoms with Crippen LogP contribution in [0.3, 0.4) is 0 Å². The number of hydrogen-bond donors (Lipinski definition) is 4. The number of aliphatic carboxylic acids is 3. The average molecular weight is 724 g/mol. The summed E-state index contributed by atoms with van der Waals surface area (Å²) in [5.74, 6) is -3.28. The Labute approximate surface area is 293 Å².